The molecule has 2 heterocycles. The van der Waals surface area contributed by atoms with Crippen molar-refractivity contribution in [3.05, 3.63) is 35.9 Å². The molecule has 1 amide bonds. The molecule has 0 radical (unpaired) electrons. The van der Waals surface area contributed by atoms with Gasteiger partial charge >= 0.3 is 0 Å². The first kappa shape index (κ1) is 14.0. The minimum atomic E-state index is 0.137. The van der Waals surface area contributed by atoms with E-state index in [0.29, 0.717) is 6.42 Å². The molecule has 0 bridgehead atoms. The van der Waals surface area contributed by atoms with E-state index in [1.807, 2.05) is 23.1 Å². The van der Waals surface area contributed by atoms with Gasteiger partial charge in [0.05, 0.1) is 20.3 Å². The highest BCUT2D eigenvalue weighted by Gasteiger charge is 2.37. The normalized spacial score (nSPS) is 24.1. The molecule has 2 aliphatic heterocycles. The topological polar surface area (TPSA) is 38.8 Å². The van der Waals surface area contributed by atoms with Gasteiger partial charge in [-0.1, -0.05) is 6.08 Å². The molecule has 1 saturated heterocycles. The Balaban J connectivity index is 2.04. The van der Waals surface area contributed by atoms with Crippen LogP contribution in [0.15, 0.2) is 24.8 Å². The average molecular weight is 287 g/mol. The van der Waals surface area contributed by atoms with Gasteiger partial charge in [0.25, 0.3) is 0 Å². The van der Waals surface area contributed by atoms with E-state index in [-0.39, 0.29) is 17.9 Å². The summed E-state index contributed by atoms with van der Waals surface area (Å²) < 4.78 is 10.8. The number of nitrogens with zero attached hydrogens (tertiary/aromatic N) is 1. The van der Waals surface area contributed by atoms with Crippen molar-refractivity contribution in [2.75, 3.05) is 20.8 Å². The quantitative estimate of drug-likeness (QED) is 0.802. The molecule has 0 saturated carbocycles. The summed E-state index contributed by atoms with van der Waals surface area (Å²) in [6.07, 6.45) is 4.31. The molecule has 2 aliphatic rings. The average Bonchev–Trinajstić information content (AvgIpc) is 2.52. The number of hydrogen-bond donors (Lipinski definition) is 0. The Labute approximate surface area is 125 Å². The van der Waals surface area contributed by atoms with Crippen molar-refractivity contribution in [3.8, 4) is 11.5 Å². The number of hydrogen-bond acceptors (Lipinski definition) is 3. The Morgan fingerprint density at radius 1 is 1.29 bits per heavy atom. The molecular weight excluding hydrogens is 266 g/mol. The molecular formula is C17H21NO3. The molecule has 4 nitrogen and oxygen atoms in total. The molecule has 0 aromatic heterocycles. The Bertz CT molecular complexity index is 582. The minimum Gasteiger partial charge on any atom is -0.493 e. The number of methoxy groups -OCH3 is 2. The van der Waals surface area contributed by atoms with Crippen molar-refractivity contribution in [2.24, 2.45) is 5.92 Å². The number of allylic oxidation sites excluding steroid dienone is 1. The fourth-order valence-corrected chi connectivity index (χ4v) is 3.47. The number of carbonyl (C=O) groups is 1. The monoisotopic (exact) mass is 287 g/mol. The maximum Gasteiger partial charge on any atom is 0.223 e. The lowest BCUT2D eigenvalue weighted by atomic mass is 9.81. The van der Waals surface area contributed by atoms with E-state index in [0.717, 1.165) is 30.9 Å². The molecule has 3 rings (SSSR count). The fourth-order valence-electron chi connectivity index (χ4n) is 3.47. The van der Waals surface area contributed by atoms with Gasteiger partial charge < -0.3 is 14.4 Å². The summed E-state index contributed by atoms with van der Waals surface area (Å²) in [5, 5.41) is 0. The molecule has 0 unspecified atom stereocenters. The largest absolute Gasteiger partial charge is 0.493 e. The Morgan fingerprint density at radius 3 is 2.67 bits per heavy atom. The van der Waals surface area contributed by atoms with Crippen molar-refractivity contribution < 1.29 is 14.3 Å². The third-order valence-electron chi connectivity index (χ3n) is 4.62. The van der Waals surface area contributed by atoms with Gasteiger partial charge in [0, 0.05) is 13.0 Å². The van der Waals surface area contributed by atoms with Crippen LogP contribution in [0.2, 0.25) is 0 Å². The maximum absolute atomic E-state index is 12.3. The van der Waals surface area contributed by atoms with E-state index in [9.17, 15) is 4.79 Å². The Kier molecular flexibility index (Phi) is 3.62. The highest BCUT2D eigenvalue weighted by atomic mass is 16.5. The van der Waals surface area contributed by atoms with Crippen LogP contribution >= 0.6 is 0 Å². The Hall–Kier alpha value is -1.97. The van der Waals surface area contributed by atoms with Crippen molar-refractivity contribution in [1.29, 1.82) is 0 Å². The van der Waals surface area contributed by atoms with Crippen molar-refractivity contribution in [2.45, 2.75) is 25.3 Å². The zero-order chi connectivity index (χ0) is 15.0. The number of fused-ring (bicyclic) bond motifs is 3. The summed E-state index contributed by atoms with van der Waals surface area (Å²) in [4.78, 5) is 14.3. The highest BCUT2D eigenvalue weighted by Crippen LogP contribution is 2.43. The second-order valence-electron chi connectivity index (χ2n) is 5.69. The molecule has 1 aromatic carbocycles. The van der Waals surface area contributed by atoms with Crippen LogP contribution in [0, 0.1) is 5.92 Å². The maximum atomic E-state index is 12.3. The molecule has 21 heavy (non-hydrogen) atoms. The number of carbonyl (C=O) groups excluding carboxylic acids is 1. The van der Waals surface area contributed by atoms with Crippen LogP contribution < -0.4 is 9.47 Å². The van der Waals surface area contributed by atoms with E-state index < -0.39 is 0 Å². The van der Waals surface area contributed by atoms with E-state index in [1.54, 1.807) is 14.2 Å². The molecule has 4 heteroatoms. The van der Waals surface area contributed by atoms with Gasteiger partial charge in [-0.2, -0.15) is 0 Å². The molecule has 1 aromatic rings. The number of amides is 1. The lowest BCUT2D eigenvalue weighted by Gasteiger charge is -2.43. The van der Waals surface area contributed by atoms with Crippen LogP contribution in [-0.2, 0) is 11.2 Å². The second-order valence-corrected chi connectivity index (χ2v) is 5.69. The van der Waals surface area contributed by atoms with Gasteiger partial charge in [-0.25, -0.2) is 0 Å². The lowest BCUT2D eigenvalue weighted by molar-refractivity contribution is -0.138. The van der Waals surface area contributed by atoms with E-state index >= 15 is 0 Å². The summed E-state index contributed by atoms with van der Waals surface area (Å²) in [5.74, 6) is 1.98. The standard InChI is InChI=1S/C17H21NO3/c1-4-11-7-14-13-10-16(21-3)15(20-2)9-12(13)5-6-18(14)17(19)8-11/h4,9-11,14H,1,5-8H2,2-3H3/t11-,14+/m0/s1. The zero-order valence-electron chi connectivity index (χ0n) is 12.6. The van der Waals surface area contributed by atoms with E-state index in [4.69, 9.17) is 9.47 Å². The summed E-state index contributed by atoms with van der Waals surface area (Å²) in [6.45, 7) is 4.65. The minimum absolute atomic E-state index is 0.137. The predicted octanol–water partition coefficient (Wildman–Crippen LogP) is 2.73. The smallest absolute Gasteiger partial charge is 0.223 e. The summed E-state index contributed by atoms with van der Waals surface area (Å²) in [6, 6.07) is 4.22. The molecule has 0 N–H and O–H groups in total. The van der Waals surface area contributed by atoms with Crippen LogP contribution in [0.5, 0.6) is 11.5 Å². The second kappa shape index (κ2) is 5.43. The van der Waals surface area contributed by atoms with Crippen molar-refractivity contribution >= 4 is 5.91 Å². The zero-order valence-corrected chi connectivity index (χ0v) is 12.6. The van der Waals surface area contributed by atoms with E-state index in [1.165, 1.54) is 11.1 Å². The molecule has 112 valence electrons. The van der Waals surface area contributed by atoms with Gasteiger partial charge in [0.2, 0.25) is 5.91 Å². The highest BCUT2D eigenvalue weighted by molar-refractivity contribution is 5.78. The van der Waals surface area contributed by atoms with Crippen LogP contribution in [0.1, 0.15) is 30.0 Å². The first-order chi connectivity index (χ1) is 10.2. The van der Waals surface area contributed by atoms with Crippen LogP contribution in [-0.4, -0.2) is 31.6 Å². The summed E-state index contributed by atoms with van der Waals surface area (Å²) in [7, 11) is 3.29. The van der Waals surface area contributed by atoms with Gasteiger partial charge in [-0.3, -0.25) is 4.79 Å². The van der Waals surface area contributed by atoms with Crippen LogP contribution in [0.3, 0.4) is 0 Å². The van der Waals surface area contributed by atoms with E-state index in [2.05, 4.69) is 6.58 Å². The molecule has 2 atom stereocenters. The molecule has 0 aliphatic carbocycles. The van der Waals surface area contributed by atoms with Crippen LogP contribution in [0.25, 0.3) is 0 Å². The van der Waals surface area contributed by atoms with Crippen LogP contribution in [0.4, 0.5) is 0 Å². The van der Waals surface area contributed by atoms with Gasteiger partial charge in [-0.15, -0.1) is 6.58 Å². The Morgan fingerprint density at radius 2 is 2.00 bits per heavy atom. The first-order valence-corrected chi connectivity index (χ1v) is 7.34. The molecule has 0 spiro atoms. The fraction of sp³-hybridized carbons (Fsp3) is 0.471. The summed E-state index contributed by atoms with van der Waals surface area (Å²) >= 11 is 0. The lowest BCUT2D eigenvalue weighted by Crippen LogP contribution is -2.44. The van der Waals surface area contributed by atoms with Gasteiger partial charge in [-0.05, 0) is 42.0 Å². The van der Waals surface area contributed by atoms with Crippen molar-refractivity contribution in [1.82, 2.24) is 4.90 Å². The SMILES string of the molecule is C=C[C@@H]1CC(=O)N2CCc3cc(OC)c(OC)cc3[C@H]2C1. The first-order valence-electron chi connectivity index (χ1n) is 7.34. The number of ether oxygens (including phenoxy) is 2. The number of rotatable bonds is 3. The third-order valence-corrected chi connectivity index (χ3v) is 4.62. The number of piperidine rings is 1. The third kappa shape index (κ3) is 2.28. The van der Waals surface area contributed by atoms with Crippen molar-refractivity contribution in [3.63, 3.8) is 0 Å². The predicted molar refractivity (Wildman–Crippen MR) is 80.6 cm³/mol. The van der Waals surface area contributed by atoms with Gasteiger partial charge in [0.1, 0.15) is 0 Å². The number of benzene rings is 1. The van der Waals surface area contributed by atoms with Gasteiger partial charge in [0.15, 0.2) is 11.5 Å². The molecule has 1 fully saturated rings. The summed E-state index contributed by atoms with van der Waals surface area (Å²) in [5.41, 5.74) is 2.45.